The van der Waals surface area contributed by atoms with E-state index in [4.69, 9.17) is 5.73 Å². The van der Waals surface area contributed by atoms with E-state index < -0.39 is 11.7 Å². The van der Waals surface area contributed by atoms with Gasteiger partial charge in [0, 0.05) is 10.2 Å². The Morgan fingerprint density at radius 3 is 2.31 bits per heavy atom. The van der Waals surface area contributed by atoms with Crippen molar-refractivity contribution in [1.29, 1.82) is 0 Å². The normalized spacial score (nSPS) is 11.8. The summed E-state index contributed by atoms with van der Waals surface area (Å²) >= 11 is 2.96. The Balaban J connectivity index is 3.37. The van der Waals surface area contributed by atoms with Crippen LogP contribution in [0, 0.1) is 6.92 Å². The van der Waals surface area contributed by atoms with Crippen molar-refractivity contribution in [2.45, 2.75) is 13.1 Å². The predicted molar refractivity (Wildman–Crippen MR) is 48.3 cm³/mol. The number of rotatable bonds is 0. The van der Waals surface area contributed by atoms with E-state index in [9.17, 15) is 13.2 Å². The zero-order chi connectivity index (χ0) is 10.2. The third-order valence-corrected chi connectivity index (χ3v) is 2.18. The molecule has 0 aliphatic heterocycles. The van der Waals surface area contributed by atoms with Crippen molar-refractivity contribution in [3.8, 4) is 0 Å². The van der Waals surface area contributed by atoms with E-state index in [0.29, 0.717) is 4.47 Å². The molecule has 0 saturated carbocycles. The Labute approximate surface area is 81.9 Å². The van der Waals surface area contributed by atoms with Gasteiger partial charge in [-0.25, -0.2) is 0 Å². The van der Waals surface area contributed by atoms with E-state index in [-0.39, 0.29) is 11.3 Å². The molecule has 0 bridgehead atoms. The topological polar surface area (TPSA) is 26.0 Å². The van der Waals surface area contributed by atoms with Crippen molar-refractivity contribution in [3.05, 3.63) is 27.7 Å². The predicted octanol–water partition coefficient (Wildman–Crippen LogP) is 3.36. The molecule has 1 nitrogen and oxygen atoms in total. The third kappa shape index (κ3) is 2.15. The molecular formula is C8H7BrF3N. The minimum Gasteiger partial charge on any atom is -0.398 e. The summed E-state index contributed by atoms with van der Waals surface area (Å²) in [6.45, 7) is 1.35. The quantitative estimate of drug-likeness (QED) is 0.706. The molecule has 0 saturated heterocycles. The van der Waals surface area contributed by atoms with Gasteiger partial charge in [-0.3, -0.25) is 0 Å². The minimum atomic E-state index is -4.35. The first kappa shape index (κ1) is 10.4. The number of benzene rings is 1. The number of nitrogens with two attached hydrogens (primary N) is 1. The molecule has 72 valence electrons. The maximum absolute atomic E-state index is 12.3. The van der Waals surface area contributed by atoms with Crippen molar-refractivity contribution < 1.29 is 13.2 Å². The molecule has 0 amide bonds. The lowest BCUT2D eigenvalue weighted by molar-refractivity contribution is -0.138. The molecule has 0 aliphatic carbocycles. The second-order valence-corrected chi connectivity index (χ2v) is 3.58. The maximum atomic E-state index is 12.3. The SMILES string of the molecule is Cc1c(N)cc(Br)cc1C(F)(F)F. The van der Waals surface area contributed by atoms with E-state index in [2.05, 4.69) is 15.9 Å². The summed E-state index contributed by atoms with van der Waals surface area (Å²) in [5, 5.41) is 0. The first-order chi connectivity index (χ1) is 5.82. The van der Waals surface area contributed by atoms with E-state index >= 15 is 0 Å². The highest BCUT2D eigenvalue weighted by Crippen LogP contribution is 2.35. The number of hydrogen-bond acceptors (Lipinski definition) is 1. The van der Waals surface area contributed by atoms with E-state index in [0.717, 1.165) is 6.07 Å². The van der Waals surface area contributed by atoms with Gasteiger partial charge in [0.05, 0.1) is 5.56 Å². The molecule has 0 unspecified atom stereocenters. The smallest absolute Gasteiger partial charge is 0.398 e. The van der Waals surface area contributed by atoms with Crippen molar-refractivity contribution in [3.63, 3.8) is 0 Å². The van der Waals surface area contributed by atoms with Gasteiger partial charge in [-0.15, -0.1) is 0 Å². The van der Waals surface area contributed by atoms with Crippen LogP contribution in [0.4, 0.5) is 18.9 Å². The second kappa shape index (κ2) is 3.21. The lowest BCUT2D eigenvalue weighted by atomic mass is 10.1. The Kier molecular flexibility index (Phi) is 2.56. The molecule has 1 aromatic rings. The van der Waals surface area contributed by atoms with E-state index in [1.807, 2.05) is 0 Å². The van der Waals surface area contributed by atoms with Gasteiger partial charge >= 0.3 is 6.18 Å². The monoisotopic (exact) mass is 253 g/mol. The van der Waals surface area contributed by atoms with Crippen LogP contribution in [-0.2, 0) is 6.18 Å². The molecule has 0 atom stereocenters. The molecule has 0 radical (unpaired) electrons. The van der Waals surface area contributed by atoms with Gasteiger partial charge in [0.1, 0.15) is 0 Å². The number of hydrogen-bond donors (Lipinski definition) is 1. The molecule has 0 aliphatic rings. The third-order valence-electron chi connectivity index (χ3n) is 1.72. The molecule has 0 aromatic heterocycles. The first-order valence-electron chi connectivity index (χ1n) is 3.45. The molecule has 1 aromatic carbocycles. The van der Waals surface area contributed by atoms with Crippen molar-refractivity contribution in [2.24, 2.45) is 0 Å². The zero-order valence-corrected chi connectivity index (χ0v) is 8.33. The van der Waals surface area contributed by atoms with Crippen LogP contribution in [0.3, 0.4) is 0 Å². The average Bonchev–Trinajstić information content (AvgIpc) is 1.94. The van der Waals surface area contributed by atoms with Crippen LogP contribution in [0.2, 0.25) is 0 Å². The summed E-state index contributed by atoms with van der Waals surface area (Å²) in [5.41, 5.74) is 4.90. The molecule has 13 heavy (non-hydrogen) atoms. The summed E-state index contributed by atoms with van der Waals surface area (Å²) in [7, 11) is 0. The van der Waals surface area contributed by atoms with Gasteiger partial charge < -0.3 is 5.73 Å². The minimum absolute atomic E-state index is 0.0655. The number of nitrogen functional groups attached to an aromatic ring is 1. The van der Waals surface area contributed by atoms with Gasteiger partial charge in [-0.05, 0) is 24.6 Å². The van der Waals surface area contributed by atoms with Crippen molar-refractivity contribution >= 4 is 21.6 Å². The molecule has 1 rings (SSSR count). The molecular weight excluding hydrogens is 247 g/mol. The fourth-order valence-corrected chi connectivity index (χ4v) is 1.47. The number of anilines is 1. The van der Waals surface area contributed by atoms with Gasteiger partial charge in [-0.1, -0.05) is 15.9 Å². The van der Waals surface area contributed by atoms with E-state index in [1.165, 1.54) is 13.0 Å². The Morgan fingerprint density at radius 2 is 1.85 bits per heavy atom. The highest BCUT2D eigenvalue weighted by molar-refractivity contribution is 9.10. The maximum Gasteiger partial charge on any atom is 0.416 e. The van der Waals surface area contributed by atoms with Crippen molar-refractivity contribution in [2.75, 3.05) is 5.73 Å². The molecule has 0 heterocycles. The Morgan fingerprint density at radius 1 is 1.31 bits per heavy atom. The summed E-state index contributed by atoms with van der Waals surface area (Å²) in [4.78, 5) is 0. The highest BCUT2D eigenvalue weighted by atomic mass is 79.9. The Hall–Kier alpha value is -0.710. The number of halogens is 4. The molecule has 5 heteroatoms. The Bertz CT molecular complexity index is 333. The van der Waals surface area contributed by atoms with Crippen LogP contribution in [0.5, 0.6) is 0 Å². The van der Waals surface area contributed by atoms with Crippen LogP contribution >= 0.6 is 15.9 Å². The summed E-state index contributed by atoms with van der Waals surface area (Å²) in [6.07, 6.45) is -4.35. The van der Waals surface area contributed by atoms with Gasteiger partial charge in [0.25, 0.3) is 0 Å². The fourth-order valence-electron chi connectivity index (χ4n) is 0.995. The van der Waals surface area contributed by atoms with Crippen LogP contribution in [0.1, 0.15) is 11.1 Å². The second-order valence-electron chi connectivity index (χ2n) is 2.67. The van der Waals surface area contributed by atoms with Crippen LogP contribution in [0.15, 0.2) is 16.6 Å². The summed E-state index contributed by atoms with van der Waals surface area (Å²) < 4.78 is 37.3. The van der Waals surface area contributed by atoms with E-state index in [1.54, 1.807) is 0 Å². The lowest BCUT2D eigenvalue weighted by Gasteiger charge is -2.12. The van der Waals surface area contributed by atoms with Gasteiger partial charge in [0.2, 0.25) is 0 Å². The standard InChI is InChI=1S/C8H7BrF3N/c1-4-6(8(10,11)12)2-5(9)3-7(4)13/h2-3H,13H2,1H3. The van der Waals surface area contributed by atoms with Gasteiger partial charge in [-0.2, -0.15) is 13.2 Å². The zero-order valence-electron chi connectivity index (χ0n) is 6.74. The molecule has 2 N–H and O–H groups in total. The summed E-state index contributed by atoms with van der Waals surface area (Å²) in [5.74, 6) is 0. The van der Waals surface area contributed by atoms with Gasteiger partial charge in [0.15, 0.2) is 0 Å². The first-order valence-corrected chi connectivity index (χ1v) is 4.24. The number of alkyl halides is 3. The summed E-state index contributed by atoms with van der Waals surface area (Å²) in [6, 6.07) is 2.47. The van der Waals surface area contributed by atoms with Crippen LogP contribution in [-0.4, -0.2) is 0 Å². The largest absolute Gasteiger partial charge is 0.416 e. The van der Waals surface area contributed by atoms with Crippen molar-refractivity contribution in [1.82, 2.24) is 0 Å². The highest BCUT2D eigenvalue weighted by Gasteiger charge is 2.33. The molecule has 0 spiro atoms. The fraction of sp³-hybridized carbons (Fsp3) is 0.250. The van der Waals surface area contributed by atoms with Crippen LogP contribution in [0.25, 0.3) is 0 Å². The molecule has 0 fully saturated rings. The lowest BCUT2D eigenvalue weighted by Crippen LogP contribution is -2.09. The van der Waals surface area contributed by atoms with Crippen LogP contribution < -0.4 is 5.73 Å². The average molecular weight is 254 g/mol.